The Balaban J connectivity index is 2.46. The van der Waals surface area contributed by atoms with Gasteiger partial charge in [-0.05, 0) is 11.6 Å². The molecule has 1 aromatic carbocycles. The molecular weight excluding hydrogens is 280 g/mol. The smallest absolute Gasteiger partial charge is 0.236 e. The Bertz CT molecular complexity index is 541. The lowest BCUT2D eigenvalue weighted by Crippen LogP contribution is -2.18. The van der Waals surface area contributed by atoms with Gasteiger partial charge in [-0.2, -0.15) is 0 Å². The van der Waals surface area contributed by atoms with Crippen LogP contribution in [-0.4, -0.2) is 28.7 Å². The van der Waals surface area contributed by atoms with E-state index >= 15 is 0 Å². The summed E-state index contributed by atoms with van der Waals surface area (Å²) in [6.07, 6.45) is 0. The molecule has 1 aliphatic rings. The van der Waals surface area contributed by atoms with Gasteiger partial charge in [0.1, 0.15) is 13.2 Å². The van der Waals surface area contributed by atoms with Crippen molar-refractivity contribution in [3.05, 3.63) is 23.3 Å². The highest BCUT2D eigenvalue weighted by molar-refractivity contribution is 8.13. The molecule has 0 atom stereocenters. The minimum absolute atomic E-state index is 0.244. The fraction of sp³-hybridized carbons (Fsp3) is 0.455. The molecule has 1 aromatic rings. The first-order valence-electron chi connectivity index (χ1n) is 5.33. The van der Waals surface area contributed by atoms with Gasteiger partial charge in [-0.3, -0.25) is 0 Å². The Hall–Kier alpha value is -0.980. The molecular formula is C11H13ClO5S. The Labute approximate surface area is 110 Å². The van der Waals surface area contributed by atoms with Crippen LogP contribution in [0.25, 0.3) is 0 Å². The molecule has 1 aliphatic heterocycles. The van der Waals surface area contributed by atoms with Crippen molar-refractivity contribution < 1.29 is 22.6 Å². The maximum Gasteiger partial charge on any atom is 0.236 e. The molecule has 0 fully saturated rings. The summed E-state index contributed by atoms with van der Waals surface area (Å²) in [4.78, 5) is 0. The van der Waals surface area contributed by atoms with Crippen molar-refractivity contribution in [2.24, 2.45) is 0 Å². The number of ether oxygens (including phenoxy) is 3. The minimum atomic E-state index is -3.62. The second kappa shape index (κ2) is 5.34. The highest BCUT2D eigenvalue weighted by atomic mass is 35.7. The van der Waals surface area contributed by atoms with Crippen molar-refractivity contribution >= 4 is 19.7 Å². The third kappa shape index (κ3) is 3.07. The molecule has 0 unspecified atom stereocenters. The molecule has 0 saturated heterocycles. The van der Waals surface area contributed by atoms with Crippen LogP contribution >= 0.6 is 10.7 Å². The molecule has 0 saturated carbocycles. The van der Waals surface area contributed by atoms with Gasteiger partial charge in [-0.15, -0.1) is 0 Å². The summed E-state index contributed by atoms with van der Waals surface area (Å²) >= 11 is 0. The molecule has 7 heteroatoms. The number of fused-ring (bicyclic) bond motifs is 1. The predicted octanol–water partition coefficient (Wildman–Crippen LogP) is 1.67. The summed E-state index contributed by atoms with van der Waals surface area (Å²) in [5.74, 6) is 0.883. The van der Waals surface area contributed by atoms with Gasteiger partial charge in [0, 0.05) is 23.4 Å². The first-order valence-corrected chi connectivity index (χ1v) is 7.81. The van der Waals surface area contributed by atoms with Crippen LogP contribution in [0.2, 0.25) is 0 Å². The van der Waals surface area contributed by atoms with Gasteiger partial charge >= 0.3 is 0 Å². The summed E-state index contributed by atoms with van der Waals surface area (Å²) < 4.78 is 38.4. The predicted molar refractivity (Wildman–Crippen MR) is 66.6 cm³/mol. The van der Waals surface area contributed by atoms with Crippen molar-refractivity contribution in [3.63, 3.8) is 0 Å². The second-order valence-corrected chi connectivity index (χ2v) is 6.62. The van der Waals surface area contributed by atoms with E-state index in [0.29, 0.717) is 35.8 Å². The van der Waals surface area contributed by atoms with Crippen molar-refractivity contribution in [2.45, 2.75) is 12.4 Å². The van der Waals surface area contributed by atoms with E-state index in [4.69, 9.17) is 24.9 Å². The van der Waals surface area contributed by atoms with Gasteiger partial charge in [0.2, 0.25) is 9.05 Å². The van der Waals surface area contributed by atoms with Gasteiger partial charge < -0.3 is 14.2 Å². The average Bonchev–Trinajstić information content (AvgIpc) is 2.31. The minimum Gasteiger partial charge on any atom is -0.486 e. The van der Waals surface area contributed by atoms with Crippen LogP contribution in [0.4, 0.5) is 0 Å². The topological polar surface area (TPSA) is 61.8 Å². The van der Waals surface area contributed by atoms with Gasteiger partial charge in [0.15, 0.2) is 11.5 Å². The molecule has 1 heterocycles. The zero-order valence-corrected chi connectivity index (χ0v) is 11.4. The maximum absolute atomic E-state index is 11.2. The van der Waals surface area contributed by atoms with Crippen molar-refractivity contribution in [1.29, 1.82) is 0 Å². The van der Waals surface area contributed by atoms with E-state index < -0.39 is 9.05 Å². The lowest BCUT2D eigenvalue weighted by Gasteiger charge is -2.22. The summed E-state index contributed by atoms with van der Waals surface area (Å²) in [6, 6.07) is 3.35. The van der Waals surface area contributed by atoms with Crippen LogP contribution in [0.15, 0.2) is 12.1 Å². The van der Waals surface area contributed by atoms with Gasteiger partial charge in [0.05, 0.1) is 12.4 Å². The third-order valence-electron chi connectivity index (χ3n) is 2.53. The number of hydrogen-bond acceptors (Lipinski definition) is 5. The normalized spacial score (nSPS) is 14.6. The quantitative estimate of drug-likeness (QED) is 0.790. The highest BCUT2D eigenvalue weighted by Gasteiger charge is 2.21. The van der Waals surface area contributed by atoms with Gasteiger partial charge in [0.25, 0.3) is 0 Å². The Morgan fingerprint density at radius 3 is 2.72 bits per heavy atom. The van der Waals surface area contributed by atoms with E-state index in [1.807, 2.05) is 0 Å². The Morgan fingerprint density at radius 2 is 2.06 bits per heavy atom. The van der Waals surface area contributed by atoms with Crippen molar-refractivity contribution in [2.75, 3.05) is 20.3 Å². The van der Waals surface area contributed by atoms with Crippen molar-refractivity contribution in [1.82, 2.24) is 0 Å². The Kier molecular flexibility index (Phi) is 3.99. The summed E-state index contributed by atoms with van der Waals surface area (Å²) in [6.45, 7) is 1.15. The van der Waals surface area contributed by atoms with Gasteiger partial charge in [-0.25, -0.2) is 8.42 Å². The van der Waals surface area contributed by atoms with Crippen LogP contribution in [-0.2, 0) is 26.1 Å². The number of methoxy groups -OCH3 is 1. The maximum atomic E-state index is 11.2. The largest absolute Gasteiger partial charge is 0.486 e. The molecule has 0 bridgehead atoms. The molecule has 5 nitrogen and oxygen atoms in total. The number of rotatable bonds is 4. The Morgan fingerprint density at radius 1 is 1.33 bits per heavy atom. The molecule has 0 spiro atoms. The fourth-order valence-electron chi connectivity index (χ4n) is 1.84. The molecule has 0 aliphatic carbocycles. The standard InChI is InChI=1S/C11H13ClO5S/c1-15-6-9-8(7-18(12,13)14)2-3-10-11(9)17-5-4-16-10/h2-3H,4-7H2,1H3. The number of hydrogen-bond donors (Lipinski definition) is 0. The average molecular weight is 293 g/mol. The third-order valence-corrected chi connectivity index (χ3v) is 3.51. The van der Waals surface area contributed by atoms with E-state index in [0.717, 1.165) is 0 Å². The molecule has 2 rings (SSSR count). The zero-order chi connectivity index (χ0) is 13.2. The molecule has 0 amide bonds. The van der Waals surface area contributed by atoms with E-state index in [-0.39, 0.29) is 12.4 Å². The van der Waals surface area contributed by atoms with E-state index in [1.54, 1.807) is 12.1 Å². The molecule has 100 valence electrons. The second-order valence-electron chi connectivity index (χ2n) is 3.84. The first-order chi connectivity index (χ1) is 8.51. The van der Waals surface area contributed by atoms with E-state index in [9.17, 15) is 8.42 Å². The summed E-state index contributed by atoms with van der Waals surface area (Å²) in [5.41, 5.74) is 1.23. The summed E-state index contributed by atoms with van der Waals surface area (Å²) in [7, 11) is 3.19. The lowest BCUT2D eigenvalue weighted by molar-refractivity contribution is 0.152. The van der Waals surface area contributed by atoms with Crippen molar-refractivity contribution in [3.8, 4) is 11.5 Å². The number of benzene rings is 1. The molecule has 18 heavy (non-hydrogen) atoms. The zero-order valence-electron chi connectivity index (χ0n) is 9.81. The fourth-order valence-corrected chi connectivity index (χ4v) is 2.83. The highest BCUT2D eigenvalue weighted by Crippen LogP contribution is 2.37. The first kappa shape index (κ1) is 13.5. The van der Waals surface area contributed by atoms with Crippen LogP contribution in [0.1, 0.15) is 11.1 Å². The molecule has 0 radical (unpaired) electrons. The van der Waals surface area contributed by atoms with Crippen LogP contribution in [0, 0.1) is 0 Å². The van der Waals surface area contributed by atoms with E-state index in [1.165, 1.54) is 7.11 Å². The van der Waals surface area contributed by atoms with Crippen LogP contribution in [0.3, 0.4) is 0 Å². The monoisotopic (exact) mass is 292 g/mol. The summed E-state index contributed by atoms with van der Waals surface area (Å²) in [5, 5.41) is 0. The van der Waals surface area contributed by atoms with Gasteiger partial charge in [-0.1, -0.05) is 6.07 Å². The van der Waals surface area contributed by atoms with Crippen LogP contribution < -0.4 is 9.47 Å². The SMILES string of the molecule is COCc1c(CS(=O)(=O)Cl)ccc2c1OCCO2. The molecule has 0 aromatic heterocycles. The van der Waals surface area contributed by atoms with Crippen LogP contribution in [0.5, 0.6) is 11.5 Å². The molecule has 0 N–H and O–H groups in total. The van der Waals surface area contributed by atoms with E-state index in [2.05, 4.69) is 0 Å². The lowest BCUT2D eigenvalue weighted by atomic mass is 10.1. The number of halogens is 1.